The van der Waals surface area contributed by atoms with Crippen LogP contribution in [-0.4, -0.2) is 55.6 Å². The number of aromatic nitrogens is 1. The van der Waals surface area contributed by atoms with Crippen molar-refractivity contribution in [3.63, 3.8) is 0 Å². The Labute approximate surface area is 152 Å². The van der Waals surface area contributed by atoms with E-state index in [-0.39, 0.29) is 4.90 Å². The number of hydrogen-bond donors (Lipinski definition) is 0. The van der Waals surface area contributed by atoms with E-state index in [1.165, 1.54) is 19.1 Å². The fourth-order valence-electron chi connectivity index (χ4n) is 2.91. The SMILES string of the molecule is CC(C(=O)N1CCN(c2ccccn2)CC1)S(=O)(=O)c1ccc(F)cc1. The molecule has 0 bridgehead atoms. The number of anilines is 1. The van der Waals surface area contributed by atoms with Crippen LogP contribution < -0.4 is 4.90 Å². The predicted molar refractivity (Wildman–Crippen MR) is 96.1 cm³/mol. The number of carbonyl (C=O) groups is 1. The molecule has 1 aliphatic rings. The molecule has 138 valence electrons. The van der Waals surface area contributed by atoms with Gasteiger partial charge >= 0.3 is 0 Å². The maximum atomic E-state index is 13.0. The lowest BCUT2D eigenvalue weighted by atomic mass is 10.2. The predicted octanol–water partition coefficient (Wildman–Crippen LogP) is 1.73. The highest BCUT2D eigenvalue weighted by molar-refractivity contribution is 7.92. The summed E-state index contributed by atoms with van der Waals surface area (Å²) in [6, 6.07) is 10.2. The van der Waals surface area contributed by atoms with E-state index in [0.29, 0.717) is 26.2 Å². The second kappa shape index (κ2) is 7.41. The molecule has 1 aromatic carbocycles. The summed E-state index contributed by atoms with van der Waals surface area (Å²) in [6.45, 7) is 3.42. The van der Waals surface area contributed by atoms with Crippen molar-refractivity contribution >= 4 is 21.6 Å². The molecule has 1 aromatic heterocycles. The Balaban J connectivity index is 1.67. The summed E-state index contributed by atoms with van der Waals surface area (Å²) >= 11 is 0. The molecule has 6 nitrogen and oxygen atoms in total. The van der Waals surface area contributed by atoms with Crippen molar-refractivity contribution in [3.05, 3.63) is 54.5 Å². The minimum Gasteiger partial charge on any atom is -0.353 e. The standard InChI is InChI=1S/C18H20FN3O3S/c1-14(26(24,25)16-7-5-15(19)6-8-16)18(23)22-12-10-21(11-13-22)17-4-2-3-9-20-17/h2-9,14H,10-13H2,1H3. The average Bonchev–Trinajstić information content (AvgIpc) is 2.68. The van der Waals surface area contributed by atoms with Gasteiger partial charge in [-0.2, -0.15) is 0 Å². The second-order valence-electron chi connectivity index (χ2n) is 6.14. The number of carbonyl (C=O) groups excluding carboxylic acids is 1. The maximum Gasteiger partial charge on any atom is 0.241 e. The number of benzene rings is 1. The van der Waals surface area contributed by atoms with Gasteiger partial charge in [-0.1, -0.05) is 6.07 Å². The van der Waals surface area contributed by atoms with Gasteiger partial charge in [0, 0.05) is 32.4 Å². The molecule has 0 aliphatic carbocycles. The van der Waals surface area contributed by atoms with E-state index < -0.39 is 26.8 Å². The zero-order chi connectivity index (χ0) is 18.7. The van der Waals surface area contributed by atoms with Gasteiger partial charge < -0.3 is 9.80 Å². The van der Waals surface area contributed by atoms with Gasteiger partial charge in [-0.3, -0.25) is 4.79 Å². The minimum absolute atomic E-state index is 0.0492. The van der Waals surface area contributed by atoms with E-state index in [1.54, 1.807) is 11.1 Å². The first-order chi connectivity index (χ1) is 12.4. The molecule has 1 atom stereocenters. The Morgan fingerprint density at radius 2 is 1.73 bits per heavy atom. The molecule has 0 N–H and O–H groups in total. The highest BCUT2D eigenvalue weighted by Crippen LogP contribution is 2.20. The summed E-state index contributed by atoms with van der Waals surface area (Å²) in [5.74, 6) is -0.116. The number of pyridine rings is 1. The van der Waals surface area contributed by atoms with Crippen molar-refractivity contribution in [2.24, 2.45) is 0 Å². The van der Waals surface area contributed by atoms with Crippen molar-refractivity contribution in [2.45, 2.75) is 17.1 Å². The number of rotatable bonds is 4. The molecule has 2 aromatic rings. The molecule has 1 unspecified atom stereocenters. The number of amides is 1. The van der Waals surface area contributed by atoms with E-state index >= 15 is 0 Å². The largest absolute Gasteiger partial charge is 0.353 e. The zero-order valence-corrected chi connectivity index (χ0v) is 15.2. The Kier molecular flexibility index (Phi) is 5.22. The van der Waals surface area contributed by atoms with Crippen LogP contribution in [0.25, 0.3) is 0 Å². The smallest absolute Gasteiger partial charge is 0.241 e. The van der Waals surface area contributed by atoms with Crippen molar-refractivity contribution in [3.8, 4) is 0 Å². The third kappa shape index (κ3) is 3.70. The van der Waals surface area contributed by atoms with Gasteiger partial charge in [-0.15, -0.1) is 0 Å². The van der Waals surface area contributed by atoms with E-state index in [1.807, 2.05) is 18.2 Å². The molecule has 1 amide bonds. The topological polar surface area (TPSA) is 70.6 Å². The molecule has 0 radical (unpaired) electrons. The minimum atomic E-state index is -3.85. The van der Waals surface area contributed by atoms with Gasteiger partial charge in [-0.25, -0.2) is 17.8 Å². The molecule has 26 heavy (non-hydrogen) atoms. The lowest BCUT2D eigenvalue weighted by Gasteiger charge is -2.36. The molecule has 0 saturated carbocycles. The van der Waals surface area contributed by atoms with Gasteiger partial charge in [0.25, 0.3) is 0 Å². The van der Waals surface area contributed by atoms with Crippen LogP contribution in [0.1, 0.15) is 6.92 Å². The first-order valence-corrected chi connectivity index (χ1v) is 9.88. The fraction of sp³-hybridized carbons (Fsp3) is 0.333. The first-order valence-electron chi connectivity index (χ1n) is 8.34. The van der Waals surface area contributed by atoms with Gasteiger partial charge in [-0.05, 0) is 43.3 Å². The summed E-state index contributed by atoms with van der Waals surface area (Å²) < 4.78 is 38.3. The number of halogens is 1. The van der Waals surface area contributed by atoms with Crippen LogP contribution in [0.3, 0.4) is 0 Å². The number of sulfone groups is 1. The van der Waals surface area contributed by atoms with Crippen LogP contribution >= 0.6 is 0 Å². The third-order valence-corrected chi connectivity index (χ3v) is 6.58. The highest BCUT2D eigenvalue weighted by atomic mass is 32.2. The summed E-state index contributed by atoms with van der Waals surface area (Å²) in [4.78, 5) is 20.5. The number of nitrogens with zero attached hydrogens (tertiary/aromatic N) is 3. The maximum absolute atomic E-state index is 13.0. The zero-order valence-electron chi connectivity index (χ0n) is 14.4. The highest BCUT2D eigenvalue weighted by Gasteiger charge is 2.34. The monoisotopic (exact) mass is 377 g/mol. The Bertz CT molecular complexity index is 864. The summed E-state index contributed by atoms with van der Waals surface area (Å²) in [7, 11) is -3.85. The van der Waals surface area contributed by atoms with Crippen LogP contribution in [0.4, 0.5) is 10.2 Å². The molecule has 0 spiro atoms. The molecule has 1 fully saturated rings. The number of piperazine rings is 1. The molecular weight excluding hydrogens is 357 g/mol. The molecule has 1 aliphatic heterocycles. The summed E-state index contributed by atoms with van der Waals surface area (Å²) in [5, 5.41) is -1.21. The Morgan fingerprint density at radius 1 is 1.08 bits per heavy atom. The van der Waals surface area contributed by atoms with E-state index in [2.05, 4.69) is 9.88 Å². The third-order valence-electron chi connectivity index (χ3n) is 4.52. The molecule has 2 heterocycles. The molecule has 1 saturated heterocycles. The van der Waals surface area contributed by atoms with Crippen LogP contribution in [0.2, 0.25) is 0 Å². The normalized spacial score (nSPS) is 16.4. The van der Waals surface area contributed by atoms with Crippen LogP contribution in [-0.2, 0) is 14.6 Å². The lowest BCUT2D eigenvalue weighted by molar-refractivity contribution is -0.130. The molecule has 3 rings (SSSR count). The number of hydrogen-bond acceptors (Lipinski definition) is 5. The lowest BCUT2D eigenvalue weighted by Crippen LogP contribution is -2.52. The van der Waals surface area contributed by atoms with Crippen molar-refractivity contribution in [1.29, 1.82) is 0 Å². The average molecular weight is 377 g/mol. The summed E-state index contributed by atoms with van der Waals surface area (Å²) in [5.41, 5.74) is 0. The van der Waals surface area contributed by atoms with Crippen LogP contribution in [0.15, 0.2) is 53.6 Å². The second-order valence-corrected chi connectivity index (χ2v) is 8.41. The Hall–Kier alpha value is -2.48. The first kappa shape index (κ1) is 18.3. The van der Waals surface area contributed by atoms with Gasteiger partial charge in [0.05, 0.1) is 4.90 Å². The van der Waals surface area contributed by atoms with E-state index in [9.17, 15) is 17.6 Å². The fourth-order valence-corrected chi connectivity index (χ4v) is 4.25. The van der Waals surface area contributed by atoms with E-state index in [4.69, 9.17) is 0 Å². The summed E-state index contributed by atoms with van der Waals surface area (Å²) in [6.07, 6.45) is 1.71. The van der Waals surface area contributed by atoms with Gasteiger partial charge in [0.1, 0.15) is 16.9 Å². The van der Waals surface area contributed by atoms with Crippen molar-refractivity contribution < 1.29 is 17.6 Å². The quantitative estimate of drug-likeness (QED) is 0.759. The van der Waals surface area contributed by atoms with E-state index in [0.717, 1.165) is 18.0 Å². The van der Waals surface area contributed by atoms with Crippen LogP contribution in [0, 0.1) is 5.82 Å². The van der Waals surface area contributed by atoms with Gasteiger partial charge in [0.2, 0.25) is 5.91 Å². The Morgan fingerprint density at radius 3 is 2.31 bits per heavy atom. The van der Waals surface area contributed by atoms with Crippen molar-refractivity contribution in [2.75, 3.05) is 31.1 Å². The van der Waals surface area contributed by atoms with Crippen LogP contribution in [0.5, 0.6) is 0 Å². The molecular formula is C18H20FN3O3S. The molecule has 8 heteroatoms. The van der Waals surface area contributed by atoms with Crippen molar-refractivity contribution in [1.82, 2.24) is 9.88 Å². The van der Waals surface area contributed by atoms with Gasteiger partial charge in [0.15, 0.2) is 9.84 Å².